The Balaban J connectivity index is 1.46. The predicted octanol–water partition coefficient (Wildman–Crippen LogP) is 4.45. The average molecular weight is 333 g/mol. The predicted molar refractivity (Wildman–Crippen MR) is 102 cm³/mol. The number of nitrogens with one attached hydrogen (secondary N) is 2. The summed E-state index contributed by atoms with van der Waals surface area (Å²) in [7, 11) is 0. The second kappa shape index (κ2) is 5.98. The lowest BCUT2D eigenvalue weighted by atomic mass is 9.64. The second-order valence-electron chi connectivity index (χ2n) is 11.5. The maximum Gasteiger partial charge on any atom is 0.00730 e. The summed E-state index contributed by atoms with van der Waals surface area (Å²) in [6, 6.07) is 1.67. The molecule has 0 spiro atoms. The van der Waals surface area contributed by atoms with Crippen LogP contribution in [-0.4, -0.2) is 25.2 Å². The first-order chi connectivity index (χ1) is 11.2. The van der Waals surface area contributed by atoms with Crippen molar-refractivity contribution >= 4 is 0 Å². The molecule has 3 heterocycles. The van der Waals surface area contributed by atoms with Crippen LogP contribution in [0, 0.1) is 40.4 Å². The molecule has 6 atom stereocenters. The van der Waals surface area contributed by atoms with E-state index in [-0.39, 0.29) is 0 Å². The van der Waals surface area contributed by atoms with Gasteiger partial charge in [-0.25, -0.2) is 0 Å². The topological polar surface area (TPSA) is 24.1 Å². The minimum absolute atomic E-state index is 0.476. The van der Waals surface area contributed by atoms with Crippen LogP contribution in [0.5, 0.6) is 0 Å². The number of hydrogen-bond donors (Lipinski definition) is 2. The van der Waals surface area contributed by atoms with Gasteiger partial charge in [0, 0.05) is 12.1 Å². The van der Waals surface area contributed by atoms with E-state index in [1.807, 2.05) is 0 Å². The highest BCUT2D eigenvalue weighted by Crippen LogP contribution is 2.55. The van der Waals surface area contributed by atoms with Crippen molar-refractivity contribution in [1.29, 1.82) is 0 Å². The first-order valence-electron chi connectivity index (χ1n) is 10.7. The summed E-state index contributed by atoms with van der Waals surface area (Å²) in [5.41, 5.74) is 0.998. The molecule has 0 aromatic rings. The molecule has 1 saturated carbocycles. The minimum Gasteiger partial charge on any atom is -0.316 e. The van der Waals surface area contributed by atoms with Gasteiger partial charge in [-0.2, -0.15) is 0 Å². The first-order valence-corrected chi connectivity index (χ1v) is 10.7. The molecule has 0 aromatic heterocycles. The van der Waals surface area contributed by atoms with E-state index in [2.05, 4.69) is 45.3 Å². The van der Waals surface area contributed by atoms with E-state index in [0.29, 0.717) is 10.8 Å². The molecule has 2 N–H and O–H groups in total. The molecule has 2 nitrogen and oxygen atoms in total. The Kier molecular flexibility index (Phi) is 4.32. The van der Waals surface area contributed by atoms with Crippen LogP contribution >= 0.6 is 0 Å². The minimum atomic E-state index is 0.476. The van der Waals surface area contributed by atoms with Crippen LogP contribution in [0.25, 0.3) is 0 Å². The SMILES string of the molecule is CC(C)(C)C1C2CNCC1C(CC(C)(C)C1CC3CCC(C1)N3)C2. The first kappa shape index (κ1) is 17.3. The van der Waals surface area contributed by atoms with Crippen molar-refractivity contribution in [3.05, 3.63) is 0 Å². The molecule has 2 heteroatoms. The fourth-order valence-corrected chi connectivity index (χ4v) is 7.41. The highest BCUT2D eigenvalue weighted by Gasteiger charge is 2.51. The van der Waals surface area contributed by atoms with Gasteiger partial charge in [-0.05, 0) is 92.0 Å². The molecule has 3 aliphatic heterocycles. The Morgan fingerprint density at radius 2 is 1.54 bits per heavy atom. The Morgan fingerprint density at radius 1 is 0.875 bits per heavy atom. The highest BCUT2D eigenvalue weighted by molar-refractivity contribution is 5.03. The van der Waals surface area contributed by atoms with Gasteiger partial charge in [0.2, 0.25) is 0 Å². The summed E-state index contributed by atoms with van der Waals surface area (Å²) in [6.07, 6.45) is 8.69. The number of piperidine rings is 2. The van der Waals surface area contributed by atoms with Crippen LogP contribution < -0.4 is 10.6 Å². The van der Waals surface area contributed by atoms with Crippen LogP contribution in [0.1, 0.15) is 73.1 Å². The van der Waals surface area contributed by atoms with E-state index in [1.54, 1.807) is 0 Å². The van der Waals surface area contributed by atoms with Crippen LogP contribution in [0.2, 0.25) is 0 Å². The van der Waals surface area contributed by atoms with E-state index in [9.17, 15) is 0 Å². The highest BCUT2D eigenvalue weighted by atomic mass is 15.0. The van der Waals surface area contributed by atoms with E-state index >= 15 is 0 Å². The molecule has 4 aliphatic rings. The number of fused-ring (bicyclic) bond motifs is 4. The standard InChI is InChI=1S/C22H40N2/c1-21(2,3)20-15-8-14(19(20)13-23-12-15)11-22(4,5)16-9-17-6-7-18(10-16)24-17/h14-20,23-24H,6-13H2,1-5H3. The largest absolute Gasteiger partial charge is 0.316 e. The normalized spacial score (nSPS) is 45.6. The molecule has 3 saturated heterocycles. The van der Waals surface area contributed by atoms with Crippen molar-refractivity contribution in [1.82, 2.24) is 10.6 Å². The van der Waals surface area contributed by atoms with Crippen molar-refractivity contribution in [3.63, 3.8) is 0 Å². The number of rotatable bonds is 3. The maximum atomic E-state index is 3.84. The third-order valence-corrected chi connectivity index (χ3v) is 8.33. The molecular weight excluding hydrogens is 292 g/mol. The summed E-state index contributed by atoms with van der Waals surface area (Å²) in [6.45, 7) is 15.2. The fourth-order valence-electron chi connectivity index (χ4n) is 7.41. The molecule has 4 bridgehead atoms. The summed E-state index contributed by atoms with van der Waals surface area (Å²) < 4.78 is 0. The number of hydrogen-bond acceptors (Lipinski definition) is 2. The Bertz CT molecular complexity index is 451. The third-order valence-electron chi connectivity index (χ3n) is 8.33. The molecule has 0 amide bonds. The molecule has 24 heavy (non-hydrogen) atoms. The van der Waals surface area contributed by atoms with Gasteiger partial charge in [0.15, 0.2) is 0 Å². The lowest BCUT2D eigenvalue weighted by Gasteiger charge is -2.44. The third kappa shape index (κ3) is 3.07. The summed E-state index contributed by atoms with van der Waals surface area (Å²) in [5, 5.41) is 7.60. The van der Waals surface area contributed by atoms with Gasteiger partial charge in [0.1, 0.15) is 0 Å². The summed E-state index contributed by atoms with van der Waals surface area (Å²) in [5.74, 6) is 4.67. The zero-order chi connectivity index (χ0) is 17.1. The van der Waals surface area contributed by atoms with Gasteiger partial charge in [0.25, 0.3) is 0 Å². The lowest BCUT2D eigenvalue weighted by Crippen LogP contribution is -2.45. The second-order valence-corrected chi connectivity index (χ2v) is 11.5. The van der Waals surface area contributed by atoms with Gasteiger partial charge in [0.05, 0.1) is 0 Å². The van der Waals surface area contributed by atoms with Gasteiger partial charge in [-0.1, -0.05) is 34.6 Å². The van der Waals surface area contributed by atoms with Crippen molar-refractivity contribution in [2.75, 3.05) is 13.1 Å². The van der Waals surface area contributed by atoms with Crippen LogP contribution in [0.3, 0.4) is 0 Å². The Labute approximate surface area is 149 Å². The van der Waals surface area contributed by atoms with Crippen molar-refractivity contribution < 1.29 is 0 Å². The smallest absolute Gasteiger partial charge is 0.00730 e. The van der Waals surface area contributed by atoms with E-state index in [1.165, 1.54) is 51.6 Å². The zero-order valence-corrected chi connectivity index (χ0v) is 16.7. The Morgan fingerprint density at radius 3 is 2.12 bits per heavy atom. The van der Waals surface area contributed by atoms with Gasteiger partial charge < -0.3 is 10.6 Å². The monoisotopic (exact) mass is 332 g/mol. The van der Waals surface area contributed by atoms with Gasteiger partial charge in [-0.3, -0.25) is 0 Å². The van der Waals surface area contributed by atoms with Crippen molar-refractivity contribution in [2.24, 2.45) is 40.4 Å². The fraction of sp³-hybridized carbons (Fsp3) is 1.00. The molecule has 1 aliphatic carbocycles. The van der Waals surface area contributed by atoms with Crippen LogP contribution in [0.4, 0.5) is 0 Å². The van der Waals surface area contributed by atoms with Crippen LogP contribution in [0.15, 0.2) is 0 Å². The average Bonchev–Trinajstić information content (AvgIpc) is 2.93. The van der Waals surface area contributed by atoms with Crippen molar-refractivity contribution in [3.8, 4) is 0 Å². The zero-order valence-electron chi connectivity index (χ0n) is 16.7. The van der Waals surface area contributed by atoms with E-state index in [0.717, 1.165) is 41.7 Å². The molecule has 138 valence electrons. The molecule has 6 unspecified atom stereocenters. The lowest BCUT2D eigenvalue weighted by molar-refractivity contribution is 0.0696. The van der Waals surface area contributed by atoms with Crippen LogP contribution in [-0.2, 0) is 0 Å². The van der Waals surface area contributed by atoms with E-state index < -0.39 is 0 Å². The quantitative estimate of drug-likeness (QED) is 0.798. The summed E-state index contributed by atoms with van der Waals surface area (Å²) in [4.78, 5) is 0. The van der Waals surface area contributed by atoms with Crippen molar-refractivity contribution in [2.45, 2.75) is 85.2 Å². The Hall–Kier alpha value is -0.0800. The van der Waals surface area contributed by atoms with Gasteiger partial charge in [-0.15, -0.1) is 0 Å². The molecule has 4 fully saturated rings. The molecule has 0 aromatic carbocycles. The molecule has 0 radical (unpaired) electrons. The molecular formula is C22H40N2. The van der Waals surface area contributed by atoms with Gasteiger partial charge >= 0.3 is 0 Å². The maximum absolute atomic E-state index is 3.84. The van der Waals surface area contributed by atoms with E-state index in [4.69, 9.17) is 0 Å². The summed E-state index contributed by atoms with van der Waals surface area (Å²) >= 11 is 0. The molecule has 4 rings (SSSR count).